The molecule has 1 amide bonds. The first-order valence-electron chi connectivity index (χ1n) is 5.95. The van der Waals surface area contributed by atoms with Crippen molar-refractivity contribution in [3.63, 3.8) is 0 Å². The molecule has 1 aromatic rings. The van der Waals surface area contributed by atoms with Gasteiger partial charge < -0.3 is 10.1 Å². The summed E-state index contributed by atoms with van der Waals surface area (Å²) >= 11 is 4.84. The van der Waals surface area contributed by atoms with E-state index in [1.165, 1.54) is 5.56 Å². The molecule has 0 aromatic heterocycles. The van der Waals surface area contributed by atoms with Gasteiger partial charge in [0.15, 0.2) is 11.2 Å². The van der Waals surface area contributed by atoms with Gasteiger partial charge in [-0.05, 0) is 56.2 Å². The molecule has 0 aliphatic heterocycles. The topological polar surface area (TPSA) is 62.4 Å². The Bertz CT molecular complexity index is 477. The van der Waals surface area contributed by atoms with Crippen molar-refractivity contribution >= 4 is 23.2 Å². The van der Waals surface area contributed by atoms with Crippen molar-refractivity contribution in [2.45, 2.75) is 26.9 Å². The van der Waals surface area contributed by atoms with Crippen LogP contribution in [0.5, 0.6) is 5.75 Å². The first-order valence-corrected chi connectivity index (χ1v) is 6.36. The molecule has 6 heteroatoms. The highest BCUT2D eigenvalue weighted by Gasteiger charge is 2.14. The van der Waals surface area contributed by atoms with Crippen molar-refractivity contribution in [2.75, 3.05) is 7.05 Å². The first-order chi connectivity index (χ1) is 8.93. The van der Waals surface area contributed by atoms with E-state index in [0.717, 1.165) is 5.56 Å². The molecule has 0 aliphatic rings. The molecule has 0 bridgehead atoms. The average Bonchev–Trinajstić information content (AvgIpc) is 2.39. The Balaban J connectivity index is 2.53. The molecule has 1 atom stereocenters. The third kappa shape index (κ3) is 4.75. The van der Waals surface area contributed by atoms with E-state index in [0.29, 0.717) is 10.9 Å². The Morgan fingerprint density at radius 1 is 1.26 bits per heavy atom. The molecule has 0 heterocycles. The van der Waals surface area contributed by atoms with Gasteiger partial charge >= 0.3 is 0 Å². The predicted octanol–water partition coefficient (Wildman–Crippen LogP) is 1.20. The lowest BCUT2D eigenvalue weighted by molar-refractivity contribution is -0.127. The zero-order valence-electron chi connectivity index (χ0n) is 11.5. The number of ether oxygens (including phenoxy) is 1. The summed E-state index contributed by atoms with van der Waals surface area (Å²) in [6, 6.07) is 5.71. The maximum Gasteiger partial charge on any atom is 0.279 e. The second kappa shape index (κ2) is 6.94. The van der Waals surface area contributed by atoms with Crippen LogP contribution in [-0.4, -0.2) is 24.2 Å². The number of carbonyl (C=O) groups is 1. The molecule has 0 spiro atoms. The molecule has 0 unspecified atom stereocenters. The van der Waals surface area contributed by atoms with E-state index in [1.807, 2.05) is 32.0 Å². The molecule has 104 valence electrons. The number of rotatable bonds is 3. The average molecular weight is 281 g/mol. The van der Waals surface area contributed by atoms with Gasteiger partial charge in [0.2, 0.25) is 0 Å². The molecule has 0 fully saturated rings. The summed E-state index contributed by atoms with van der Waals surface area (Å²) in [6.07, 6.45) is -0.616. The van der Waals surface area contributed by atoms with Gasteiger partial charge in [-0.2, -0.15) is 0 Å². The van der Waals surface area contributed by atoms with Crippen molar-refractivity contribution in [1.29, 1.82) is 0 Å². The zero-order valence-corrected chi connectivity index (χ0v) is 12.4. The van der Waals surface area contributed by atoms with E-state index in [-0.39, 0.29) is 5.91 Å². The Hall–Kier alpha value is -1.82. The number of aryl methyl sites for hydroxylation is 2. The van der Waals surface area contributed by atoms with Crippen molar-refractivity contribution in [3.05, 3.63) is 29.3 Å². The number of carbonyl (C=O) groups excluding carboxylic acids is 1. The van der Waals surface area contributed by atoms with Crippen LogP contribution in [0, 0.1) is 13.8 Å². The van der Waals surface area contributed by atoms with Crippen LogP contribution in [0.15, 0.2) is 18.2 Å². The lowest BCUT2D eigenvalue weighted by Gasteiger charge is -2.16. The van der Waals surface area contributed by atoms with Gasteiger partial charge in [0.1, 0.15) is 5.75 Å². The number of hydrogen-bond donors (Lipinski definition) is 3. The van der Waals surface area contributed by atoms with Gasteiger partial charge in [0.05, 0.1) is 0 Å². The Morgan fingerprint density at radius 3 is 2.53 bits per heavy atom. The van der Waals surface area contributed by atoms with Crippen molar-refractivity contribution in [2.24, 2.45) is 0 Å². The summed E-state index contributed by atoms with van der Waals surface area (Å²) < 4.78 is 5.56. The molecule has 5 nitrogen and oxygen atoms in total. The van der Waals surface area contributed by atoms with Crippen LogP contribution in [-0.2, 0) is 4.79 Å². The van der Waals surface area contributed by atoms with E-state index < -0.39 is 6.10 Å². The van der Waals surface area contributed by atoms with Gasteiger partial charge in [0.25, 0.3) is 5.91 Å². The smallest absolute Gasteiger partial charge is 0.279 e. The first kappa shape index (κ1) is 15.2. The summed E-state index contributed by atoms with van der Waals surface area (Å²) in [7, 11) is 1.66. The molecule has 0 radical (unpaired) electrons. The fraction of sp³-hybridized carbons (Fsp3) is 0.385. The monoisotopic (exact) mass is 281 g/mol. The molecular weight excluding hydrogens is 262 g/mol. The minimum Gasteiger partial charge on any atom is -0.481 e. The van der Waals surface area contributed by atoms with Crippen LogP contribution in [0.4, 0.5) is 0 Å². The molecule has 1 aromatic carbocycles. The molecule has 0 saturated heterocycles. The largest absolute Gasteiger partial charge is 0.481 e. The Kier molecular flexibility index (Phi) is 5.57. The summed E-state index contributed by atoms with van der Waals surface area (Å²) in [5.41, 5.74) is 7.33. The van der Waals surface area contributed by atoms with Crippen LogP contribution in [0.1, 0.15) is 18.1 Å². The number of hydrogen-bond acceptors (Lipinski definition) is 3. The maximum atomic E-state index is 11.7. The quantitative estimate of drug-likeness (QED) is 0.574. The van der Waals surface area contributed by atoms with Crippen LogP contribution < -0.4 is 20.9 Å². The zero-order chi connectivity index (χ0) is 14.4. The minimum atomic E-state index is -0.616. The second-order valence-corrected chi connectivity index (χ2v) is 4.61. The normalized spacial score (nSPS) is 11.4. The van der Waals surface area contributed by atoms with Crippen molar-refractivity contribution in [3.8, 4) is 5.75 Å². The number of thiocarbonyl (C=S) groups is 1. The van der Waals surface area contributed by atoms with Crippen molar-refractivity contribution < 1.29 is 9.53 Å². The van der Waals surface area contributed by atoms with E-state index in [9.17, 15) is 4.79 Å². The summed E-state index contributed by atoms with van der Waals surface area (Å²) in [5.74, 6) is 0.373. The van der Waals surface area contributed by atoms with Crippen LogP contribution >= 0.6 is 12.2 Å². The van der Waals surface area contributed by atoms with Gasteiger partial charge in [0, 0.05) is 7.05 Å². The van der Waals surface area contributed by atoms with E-state index in [1.54, 1.807) is 14.0 Å². The Labute approximate surface area is 118 Å². The van der Waals surface area contributed by atoms with E-state index in [2.05, 4.69) is 16.2 Å². The fourth-order valence-electron chi connectivity index (χ4n) is 1.33. The third-order valence-corrected chi connectivity index (χ3v) is 2.99. The van der Waals surface area contributed by atoms with Crippen molar-refractivity contribution in [1.82, 2.24) is 16.2 Å². The van der Waals surface area contributed by atoms with E-state index in [4.69, 9.17) is 17.0 Å². The highest BCUT2D eigenvalue weighted by atomic mass is 32.1. The molecule has 3 N–H and O–H groups in total. The standard InChI is InChI=1S/C13H19N3O2S/c1-8-5-6-11(7-9(8)2)18-10(3)12(17)15-16-13(19)14-4/h5-7,10H,1-4H3,(H,15,17)(H2,14,16,19)/t10-/m0/s1. The number of benzene rings is 1. The molecule has 1 rings (SSSR count). The van der Waals surface area contributed by atoms with Crippen LogP contribution in [0.3, 0.4) is 0 Å². The van der Waals surface area contributed by atoms with Gasteiger partial charge in [-0.3, -0.25) is 15.6 Å². The van der Waals surface area contributed by atoms with Crippen LogP contribution in [0.2, 0.25) is 0 Å². The fourth-order valence-corrected chi connectivity index (χ4v) is 1.38. The van der Waals surface area contributed by atoms with Gasteiger partial charge in [-0.25, -0.2) is 0 Å². The molecule has 0 aliphatic carbocycles. The molecule has 0 saturated carbocycles. The number of hydrazine groups is 1. The number of amides is 1. The SMILES string of the molecule is CNC(=S)NNC(=O)[C@H](C)Oc1ccc(C)c(C)c1. The Morgan fingerprint density at radius 2 is 1.95 bits per heavy atom. The van der Waals surface area contributed by atoms with E-state index >= 15 is 0 Å². The van der Waals surface area contributed by atoms with Gasteiger partial charge in [-0.15, -0.1) is 0 Å². The predicted molar refractivity (Wildman–Crippen MR) is 78.9 cm³/mol. The lowest BCUT2D eigenvalue weighted by atomic mass is 10.1. The highest BCUT2D eigenvalue weighted by Crippen LogP contribution is 2.17. The lowest BCUT2D eigenvalue weighted by Crippen LogP contribution is -2.49. The summed E-state index contributed by atoms with van der Waals surface area (Å²) in [6.45, 7) is 5.70. The number of nitrogens with one attached hydrogen (secondary N) is 3. The highest BCUT2D eigenvalue weighted by molar-refractivity contribution is 7.80. The molecular formula is C13H19N3O2S. The minimum absolute atomic E-state index is 0.296. The molecule has 19 heavy (non-hydrogen) atoms. The summed E-state index contributed by atoms with van der Waals surface area (Å²) in [4.78, 5) is 11.7. The van der Waals surface area contributed by atoms with Crippen LogP contribution in [0.25, 0.3) is 0 Å². The third-order valence-electron chi connectivity index (χ3n) is 2.69. The van der Waals surface area contributed by atoms with Gasteiger partial charge in [-0.1, -0.05) is 6.07 Å². The second-order valence-electron chi connectivity index (χ2n) is 4.20. The maximum absolute atomic E-state index is 11.7. The summed E-state index contributed by atoms with van der Waals surface area (Å²) in [5, 5.41) is 3.03.